The smallest absolute Gasteiger partial charge is 0.226 e. The first-order valence-corrected chi connectivity index (χ1v) is 10.5. The highest BCUT2D eigenvalue weighted by molar-refractivity contribution is 5.92. The monoisotopic (exact) mass is 428 g/mol. The molecule has 0 radical (unpaired) electrons. The highest BCUT2D eigenvalue weighted by atomic mass is 19.1. The Kier molecular flexibility index (Phi) is 5.01. The van der Waals surface area contributed by atoms with Crippen LogP contribution < -0.4 is 0 Å². The lowest BCUT2D eigenvalue weighted by atomic mass is 9.69. The minimum Gasteiger partial charge on any atom is -0.383 e. The summed E-state index contributed by atoms with van der Waals surface area (Å²) in [5.41, 5.74) is 2.37. The Hall–Kier alpha value is -2.80. The molecule has 162 valence electrons. The van der Waals surface area contributed by atoms with Crippen LogP contribution in [0.1, 0.15) is 30.7 Å². The van der Waals surface area contributed by atoms with Gasteiger partial charge in [-0.2, -0.15) is 0 Å². The highest BCUT2D eigenvalue weighted by Crippen LogP contribution is 2.49. The molecule has 1 amide bonds. The fourth-order valence-corrected chi connectivity index (χ4v) is 4.89. The van der Waals surface area contributed by atoms with Crippen molar-refractivity contribution >= 4 is 16.8 Å². The quantitative estimate of drug-likeness (QED) is 0.622. The van der Waals surface area contributed by atoms with Crippen molar-refractivity contribution in [2.45, 2.75) is 31.2 Å². The molecule has 2 fully saturated rings. The number of hydrogen-bond acceptors (Lipinski definition) is 2. The van der Waals surface area contributed by atoms with Crippen molar-refractivity contribution in [3.8, 4) is 11.3 Å². The fourth-order valence-electron chi connectivity index (χ4n) is 4.89. The van der Waals surface area contributed by atoms with Gasteiger partial charge in [-0.1, -0.05) is 0 Å². The van der Waals surface area contributed by atoms with E-state index >= 15 is 0 Å². The first kappa shape index (κ1) is 20.1. The molecule has 1 aromatic heterocycles. The Balaban J connectivity index is 1.46. The molecule has 1 unspecified atom stereocenters. The first-order valence-electron chi connectivity index (χ1n) is 10.5. The average molecular weight is 428 g/mol. The van der Waals surface area contributed by atoms with E-state index in [1.807, 2.05) is 4.90 Å². The second-order valence-corrected chi connectivity index (χ2v) is 8.53. The third kappa shape index (κ3) is 3.41. The zero-order valence-electron chi connectivity index (χ0n) is 17.1. The normalized spacial score (nSPS) is 23.0. The summed E-state index contributed by atoms with van der Waals surface area (Å²) >= 11 is 0. The number of aromatic amines is 1. The van der Waals surface area contributed by atoms with Gasteiger partial charge < -0.3 is 14.6 Å². The molecule has 1 N–H and O–H groups in total. The fraction of sp³-hybridized carbons (Fsp3) is 0.375. The summed E-state index contributed by atoms with van der Waals surface area (Å²) in [7, 11) is 1.63. The number of aromatic nitrogens is 1. The van der Waals surface area contributed by atoms with Crippen molar-refractivity contribution in [2.75, 3.05) is 20.3 Å². The molecule has 0 bridgehead atoms. The standard InChI is InChI=1S/C24H23F3N2O2/c1-31-12-18-6-7-29(18)24(30)15-8-14(9-15)21-19-10-17(26)11-20(27)23(19)28-22(21)13-2-4-16(25)5-3-13/h2-5,10-11,14-15,18,28H,6-9,12H2,1H3/t14-,15-,18?. The van der Waals surface area contributed by atoms with Gasteiger partial charge in [-0.15, -0.1) is 0 Å². The number of fused-ring (bicyclic) bond motifs is 1. The number of hydrogen-bond donors (Lipinski definition) is 1. The van der Waals surface area contributed by atoms with Gasteiger partial charge in [0.05, 0.1) is 23.9 Å². The van der Waals surface area contributed by atoms with Crippen molar-refractivity contribution in [3.63, 3.8) is 0 Å². The number of halogens is 3. The first-order chi connectivity index (χ1) is 15.0. The lowest BCUT2D eigenvalue weighted by Gasteiger charge is -2.46. The van der Waals surface area contributed by atoms with Crippen LogP contribution in [-0.4, -0.2) is 42.1 Å². The van der Waals surface area contributed by atoms with E-state index in [9.17, 15) is 18.0 Å². The van der Waals surface area contributed by atoms with Crippen LogP contribution in [0.25, 0.3) is 22.2 Å². The average Bonchev–Trinajstić information content (AvgIpc) is 3.04. The molecule has 0 spiro atoms. The number of likely N-dealkylation sites (tertiary alicyclic amines) is 1. The van der Waals surface area contributed by atoms with Crippen molar-refractivity contribution in [1.82, 2.24) is 9.88 Å². The number of ether oxygens (including phenoxy) is 1. The summed E-state index contributed by atoms with van der Waals surface area (Å²) in [4.78, 5) is 17.8. The molecule has 1 saturated carbocycles. The molecular weight excluding hydrogens is 405 g/mol. The number of nitrogens with one attached hydrogen (secondary N) is 1. The molecule has 1 saturated heterocycles. The van der Waals surface area contributed by atoms with Crippen molar-refractivity contribution in [2.24, 2.45) is 5.92 Å². The maximum absolute atomic E-state index is 14.5. The number of carbonyl (C=O) groups excluding carboxylic acids is 1. The Morgan fingerprint density at radius 1 is 1.13 bits per heavy atom. The summed E-state index contributed by atoms with van der Waals surface area (Å²) in [5, 5.41) is 0.480. The van der Waals surface area contributed by atoms with E-state index in [1.165, 1.54) is 18.2 Å². The van der Waals surface area contributed by atoms with Crippen molar-refractivity contribution in [3.05, 3.63) is 59.4 Å². The summed E-state index contributed by atoms with van der Waals surface area (Å²) in [5.74, 6) is -1.66. The van der Waals surface area contributed by atoms with Crippen LogP contribution in [0.5, 0.6) is 0 Å². The van der Waals surface area contributed by atoms with Crippen LogP contribution in [0.3, 0.4) is 0 Å². The third-order valence-corrected chi connectivity index (χ3v) is 6.68. The number of methoxy groups -OCH3 is 1. The molecule has 1 aliphatic carbocycles. The van der Waals surface area contributed by atoms with Gasteiger partial charge in [0.15, 0.2) is 0 Å². The molecule has 2 aromatic carbocycles. The van der Waals surface area contributed by atoms with Gasteiger partial charge in [-0.05, 0) is 66.6 Å². The molecule has 3 aromatic rings. The van der Waals surface area contributed by atoms with Gasteiger partial charge in [0.2, 0.25) is 5.91 Å². The lowest BCUT2D eigenvalue weighted by molar-refractivity contribution is -0.148. The zero-order chi connectivity index (χ0) is 21.7. The number of amides is 1. The van der Waals surface area contributed by atoms with E-state index in [1.54, 1.807) is 19.2 Å². The number of nitrogens with zero attached hydrogens (tertiary/aromatic N) is 1. The van der Waals surface area contributed by atoms with Crippen LogP contribution in [0.4, 0.5) is 13.2 Å². The third-order valence-electron chi connectivity index (χ3n) is 6.68. The highest BCUT2D eigenvalue weighted by Gasteiger charge is 2.43. The molecule has 2 aliphatic rings. The van der Waals surface area contributed by atoms with Crippen LogP contribution >= 0.6 is 0 Å². The minimum atomic E-state index is -0.667. The van der Waals surface area contributed by atoms with Crippen molar-refractivity contribution in [1.29, 1.82) is 0 Å². The number of rotatable bonds is 5. The van der Waals surface area contributed by atoms with Crippen LogP contribution in [-0.2, 0) is 9.53 Å². The summed E-state index contributed by atoms with van der Waals surface area (Å²) in [6.45, 7) is 1.29. The summed E-state index contributed by atoms with van der Waals surface area (Å²) in [6, 6.07) is 8.24. The molecule has 7 heteroatoms. The SMILES string of the molecule is COCC1CCN1C(=O)[C@H]1C[C@H](c2c(-c3ccc(F)cc3)[nH]c3c(F)cc(F)cc32)C1. The van der Waals surface area contributed by atoms with Crippen LogP contribution in [0, 0.1) is 23.4 Å². The minimum absolute atomic E-state index is 0.00824. The Morgan fingerprint density at radius 2 is 1.87 bits per heavy atom. The summed E-state index contributed by atoms with van der Waals surface area (Å²) in [6.07, 6.45) is 2.19. The molecule has 1 atom stereocenters. The Bertz CT molecular complexity index is 1140. The Morgan fingerprint density at radius 3 is 2.52 bits per heavy atom. The van der Waals surface area contributed by atoms with Crippen molar-refractivity contribution < 1.29 is 22.7 Å². The van der Waals surface area contributed by atoms with E-state index in [0.717, 1.165) is 24.6 Å². The number of benzene rings is 2. The van der Waals surface area contributed by atoms with E-state index in [2.05, 4.69) is 4.98 Å². The number of H-pyrrole nitrogens is 1. The molecular formula is C24H23F3N2O2. The van der Waals surface area contributed by atoms with E-state index in [4.69, 9.17) is 4.74 Å². The van der Waals surface area contributed by atoms with Gasteiger partial charge >= 0.3 is 0 Å². The van der Waals surface area contributed by atoms with Gasteiger partial charge in [0, 0.05) is 31.0 Å². The van der Waals surface area contributed by atoms with Gasteiger partial charge in [0.1, 0.15) is 17.5 Å². The largest absolute Gasteiger partial charge is 0.383 e. The molecule has 31 heavy (non-hydrogen) atoms. The topological polar surface area (TPSA) is 45.3 Å². The zero-order valence-corrected chi connectivity index (χ0v) is 17.1. The summed E-state index contributed by atoms with van der Waals surface area (Å²) < 4.78 is 47.1. The maximum atomic E-state index is 14.5. The van der Waals surface area contributed by atoms with E-state index in [-0.39, 0.29) is 35.1 Å². The Labute approximate surface area is 178 Å². The molecule has 5 rings (SSSR count). The lowest BCUT2D eigenvalue weighted by Crippen LogP contribution is -2.56. The van der Waals surface area contributed by atoms with Crippen LogP contribution in [0.15, 0.2) is 36.4 Å². The van der Waals surface area contributed by atoms with E-state index < -0.39 is 11.6 Å². The van der Waals surface area contributed by atoms with Gasteiger partial charge in [0.25, 0.3) is 0 Å². The van der Waals surface area contributed by atoms with Gasteiger partial charge in [-0.3, -0.25) is 4.79 Å². The predicted octanol–water partition coefficient (Wildman–Crippen LogP) is 4.99. The van der Waals surface area contributed by atoms with Crippen LogP contribution in [0.2, 0.25) is 0 Å². The molecule has 2 heterocycles. The van der Waals surface area contributed by atoms with E-state index in [0.29, 0.717) is 36.1 Å². The maximum Gasteiger partial charge on any atom is 0.226 e. The second kappa shape index (κ2) is 7.71. The predicted molar refractivity (Wildman–Crippen MR) is 111 cm³/mol. The number of carbonyl (C=O) groups is 1. The second-order valence-electron chi connectivity index (χ2n) is 8.53. The molecule has 4 nitrogen and oxygen atoms in total. The van der Waals surface area contributed by atoms with Gasteiger partial charge in [-0.25, -0.2) is 13.2 Å². The molecule has 1 aliphatic heterocycles.